The minimum Gasteiger partial charge on any atom is -0.273 e. The van der Waals surface area contributed by atoms with Gasteiger partial charge < -0.3 is 0 Å². The Labute approximate surface area is 167 Å². The van der Waals surface area contributed by atoms with E-state index in [0.29, 0.717) is 5.02 Å². The third-order valence-electron chi connectivity index (χ3n) is 4.11. The molecular weight excluding hydrogens is 413 g/mol. The molecule has 0 aliphatic carbocycles. The molecular formula is C19H14ClF3N2O2S. The van der Waals surface area contributed by atoms with Crippen LogP contribution in [0.5, 0.6) is 0 Å². The van der Waals surface area contributed by atoms with E-state index < -0.39 is 23.6 Å². The quantitative estimate of drug-likeness (QED) is 0.586. The summed E-state index contributed by atoms with van der Waals surface area (Å²) >= 11 is 7.46. The fraction of sp³-hybridized carbons (Fsp3) is 0.158. The van der Waals surface area contributed by atoms with Gasteiger partial charge in [0.15, 0.2) is 0 Å². The summed E-state index contributed by atoms with van der Waals surface area (Å²) in [6.45, 7) is 1.89. The van der Waals surface area contributed by atoms with Gasteiger partial charge in [-0.1, -0.05) is 11.6 Å². The highest BCUT2D eigenvalue weighted by Crippen LogP contribution is 2.33. The molecule has 0 aliphatic rings. The van der Waals surface area contributed by atoms with Gasteiger partial charge in [-0.25, -0.2) is 0 Å². The number of benzene rings is 2. The van der Waals surface area contributed by atoms with Crippen molar-refractivity contribution in [1.29, 1.82) is 0 Å². The lowest BCUT2D eigenvalue weighted by atomic mass is 10.1. The van der Waals surface area contributed by atoms with Crippen LogP contribution in [0, 0.1) is 6.92 Å². The highest BCUT2D eigenvalue weighted by Gasteiger charge is 2.30. The number of alkyl halides is 3. The van der Waals surface area contributed by atoms with Crippen molar-refractivity contribution in [3.8, 4) is 0 Å². The summed E-state index contributed by atoms with van der Waals surface area (Å²) in [7, 11) is 0. The number of hydrogen-bond donors (Lipinski definition) is 2. The zero-order chi connectivity index (χ0) is 20.5. The van der Waals surface area contributed by atoms with E-state index >= 15 is 0 Å². The first-order chi connectivity index (χ1) is 13.1. The van der Waals surface area contributed by atoms with E-state index in [9.17, 15) is 22.8 Å². The number of thiophene rings is 1. The molecule has 146 valence electrons. The van der Waals surface area contributed by atoms with Crippen LogP contribution in [0.1, 0.15) is 26.4 Å². The Hall–Kier alpha value is -2.58. The Balaban J connectivity index is 1.61. The number of halogens is 4. The minimum absolute atomic E-state index is 0.000912. The third kappa shape index (κ3) is 4.45. The van der Waals surface area contributed by atoms with Gasteiger partial charge in [-0.3, -0.25) is 20.4 Å². The van der Waals surface area contributed by atoms with E-state index in [1.165, 1.54) is 11.3 Å². The molecule has 0 unspecified atom stereocenters. The largest absolute Gasteiger partial charge is 0.416 e. The van der Waals surface area contributed by atoms with Gasteiger partial charge in [0.05, 0.1) is 12.0 Å². The van der Waals surface area contributed by atoms with Crippen LogP contribution in [0.2, 0.25) is 5.02 Å². The maximum atomic E-state index is 12.5. The van der Waals surface area contributed by atoms with Crippen LogP contribution in [-0.4, -0.2) is 11.8 Å². The van der Waals surface area contributed by atoms with Crippen LogP contribution in [0.25, 0.3) is 10.1 Å². The first kappa shape index (κ1) is 20.2. The van der Waals surface area contributed by atoms with Gasteiger partial charge in [0.25, 0.3) is 5.91 Å². The Bertz CT molecular complexity index is 1050. The van der Waals surface area contributed by atoms with E-state index in [1.807, 2.05) is 19.1 Å². The van der Waals surface area contributed by atoms with E-state index in [1.54, 1.807) is 6.07 Å². The lowest BCUT2D eigenvalue weighted by molar-refractivity contribution is -0.137. The first-order valence-electron chi connectivity index (χ1n) is 8.09. The lowest BCUT2D eigenvalue weighted by Crippen LogP contribution is -2.42. The highest BCUT2D eigenvalue weighted by atomic mass is 35.5. The first-order valence-corrected chi connectivity index (χ1v) is 9.28. The van der Waals surface area contributed by atoms with E-state index in [-0.39, 0.29) is 12.0 Å². The van der Waals surface area contributed by atoms with Gasteiger partial charge in [0.1, 0.15) is 0 Å². The smallest absolute Gasteiger partial charge is 0.273 e. The van der Waals surface area contributed by atoms with Crippen LogP contribution < -0.4 is 10.9 Å². The molecule has 0 bridgehead atoms. The second kappa shape index (κ2) is 7.81. The van der Waals surface area contributed by atoms with Crippen molar-refractivity contribution in [2.24, 2.45) is 0 Å². The molecule has 28 heavy (non-hydrogen) atoms. The van der Waals surface area contributed by atoms with Crippen LogP contribution in [0.3, 0.4) is 0 Å². The molecule has 0 saturated carbocycles. The van der Waals surface area contributed by atoms with Crippen molar-refractivity contribution in [3.05, 3.63) is 69.1 Å². The van der Waals surface area contributed by atoms with Crippen molar-refractivity contribution in [3.63, 3.8) is 0 Å². The van der Waals surface area contributed by atoms with Crippen molar-refractivity contribution >= 4 is 44.8 Å². The van der Waals surface area contributed by atoms with Crippen LogP contribution >= 0.6 is 22.9 Å². The highest BCUT2D eigenvalue weighted by molar-refractivity contribution is 7.19. The minimum atomic E-state index is -4.48. The number of carbonyl (C=O) groups is 2. The molecule has 0 spiro atoms. The fourth-order valence-corrected chi connectivity index (χ4v) is 3.97. The van der Waals surface area contributed by atoms with E-state index in [4.69, 9.17) is 11.6 Å². The Morgan fingerprint density at radius 1 is 1.07 bits per heavy atom. The summed E-state index contributed by atoms with van der Waals surface area (Å²) in [5, 5.41) is 1.57. The molecule has 2 N–H and O–H groups in total. The van der Waals surface area contributed by atoms with E-state index in [2.05, 4.69) is 10.9 Å². The summed E-state index contributed by atoms with van der Waals surface area (Å²) in [5.74, 6) is -1.15. The number of hydrogen-bond acceptors (Lipinski definition) is 3. The molecule has 2 amide bonds. The van der Waals surface area contributed by atoms with Crippen molar-refractivity contribution in [2.45, 2.75) is 19.5 Å². The van der Waals surface area contributed by atoms with Gasteiger partial charge in [-0.2, -0.15) is 13.2 Å². The molecule has 4 nitrogen and oxygen atoms in total. The Morgan fingerprint density at radius 2 is 1.75 bits per heavy atom. The van der Waals surface area contributed by atoms with Gasteiger partial charge >= 0.3 is 6.18 Å². The summed E-state index contributed by atoms with van der Waals surface area (Å²) < 4.78 is 38.6. The van der Waals surface area contributed by atoms with Crippen LogP contribution in [0.4, 0.5) is 13.2 Å². The number of fused-ring (bicyclic) bond motifs is 1. The molecule has 3 aromatic rings. The van der Waals surface area contributed by atoms with Gasteiger partial charge in [0, 0.05) is 20.2 Å². The third-order valence-corrected chi connectivity index (χ3v) is 5.62. The predicted octanol–water partition coefficient (Wildman–Crippen LogP) is 4.89. The normalized spacial score (nSPS) is 11.5. The summed E-state index contributed by atoms with van der Waals surface area (Å²) in [6, 6.07) is 9.19. The SMILES string of the molecule is Cc1c(CC(=O)NNC(=O)c2ccc(C(F)(F)F)cc2)sc2ccc(Cl)cc12. The zero-order valence-corrected chi connectivity index (χ0v) is 16.1. The number of nitrogens with one attached hydrogen (secondary N) is 2. The number of aryl methyl sites for hydroxylation is 1. The second-order valence-electron chi connectivity index (χ2n) is 6.04. The molecule has 0 fully saturated rings. The molecule has 0 aliphatic heterocycles. The summed E-state index contributed by atoms with van der Waals surface area (Å²) in [4.78, 5) is 25.0. The molecule has 0 radical (unpaired) electrons. The number of amides is 2. The summed E-state index contributed by atoms with van der Waals surface area (Å²) in [5.41, 5.74) is 4.56. The average molecular weight is 427 g/mol. The molecule has 0 atom stereocenters. The Kier molecular flexibility index (Phi) is 5.62. The number of hydrazine groups is 1. The van der Waals surface area contributed by atoms with Gasteiger partial charge in [-0.05, 0) is 60.3 Å². The van der Waals surface area contributed by atoms with E-state index in [0.717, 1.165) is 44.8 Å². The second-order valence-corrected chi connectivity index (χ2v) is 7.62. The molecule has 3 rings (SSSR count). The van der Waals surface area contributed by atoms with Crippen LogP contribution in [0.15, 0.2) is 42.5 Å². The maximum absolute atomic E-state index is 12.5. The zero-order valence-electron chi connectivity index (χ0n) is 14.5. The van der Waals surface area contributed by atoms with Crippen molar-refractivity contribution < 1.29 is 22.8 Å². The molecule has 9 heteroatoms. The number of carbonyl (C=O) groups excluding carboxylic acids is 2. The monoisotopic (exact) mass is 426 g/mol. The topological polar surface area (TPSA) is 58.2 Å². The standard InChI is InChI=1S/C19H14ClF3N2O2S/c1-10-14-8-13(20)6-7-15(14)28-16(10)9-17(26)24-25-18(27)11-2-4-12(5-3-11)19(21,22)23/h2-8H,9H2,1H3,(H,24,26)(H,25,27). The van der Waals surface area contributed by atoms with Crippen molar-refractivity contribution in [2.75, 3.05) is 0 Å². The number of rotatable bonds is 3. The van der Waals surface area contributed by atoms with Gasteiger partial charge in [-0.15, -0.1) is 11.3 Å². The fourth-order valence-electron chi connectivity index (χ4n) is 2.61. The molecule has 1 aromatic heterocycles. The maximum Gasteiger partial charge on any atom is 0.416 e. The lowest BCUT2D eigenvalue weighted by Gasteiger charge is -2.09. The summed E-state index contributed by atoms with van der Waals surface area (Å²) in [6.07, 6.45) is -4.42. The molecule has 0 saturated heterocycles. The van der Waals surface area contributed by atoms with Gasteiger partial charge in [0.2, 0.25) is 5.91 Å². The Morgan fingerprint density at radius 3 is 2.39 bits per heavy atom. The average Bonchev–Trinajstić information content (AvgIpc) is 2.94. The van der Waals surface area contributed by atoms with Crippen molar-refractivity contribution in [1.82, 2.24) is 10.9 Å². The van der Waals surface area contributed by atoms with Crippen LogP contribution in [-0.2, 0) is 17.4 Å². The predicted molar refractivity (Wildman–Crippen MR) is 102 cm³/mol. The molecule has 1 heterocycles. The molecule has 2 aromatic carbocycles.